The number of piperidine rings is 1. The molecule has 5 heteroatoms. The summed E-state index contributed by atoms with van der Waals surface area (Å²) >= 11 is 0. The number of carbonyl (C=O) groups is 1. The lowest BCUT2D eigenvalue weighted by molar-refractivity contribution is 0.0936. The SMILES string of the molecule is Cn1cc(C(=O)NC2CCCC2)c(CC2CCN(CCc3ccccc3)CC2)n1. The summed E-state index contributed by atoms with van der Waals surface area (Å²) in [6.45, 7) is 3.43. The van der Waals surface area contributed by atoms with E-state index < -0.39 is 0 Å². The highest BCUT2D eigenvalue weighted by Crippen LogP contribution is 2.24. The normalized spacial score (nSPS) is 18.9. The van der Waals surface area contributed by atoms with Crippen LogP contribution in [0.4, 0.5) is 0 Å². The largest absolute Gasteiger partial charge is 0.349 e. The summed E-state index contributed by atoms with van der Waals surface area (Å²) in [6, 6.07) is 11.1. The molecule has 5 nitrogen and oxygen atoms in total. The van der Waals surface area contributed by atoms with E-state index in [0.717, 1.165) is 56.6 Å². The van der Waals surface area contributed by atoms with Crippen LogP contribution >= 0.6 is 0 Å². The van der Waals surface area contributed by atoms with Crippen molar-refractivity contribution in [3.63, 3.8) is 0 Å². The second kappa shape index (κ2) is 9.57. The predicted octanol–water partition coefficient (Wildman–Crippen LogP) is 3.59. The molecule has 156 valence electrons. The lowest BCUT2D eigenvalue weighted by Gasteiger charge is -2.31. The number of aryl methyl sites for hydroxylation is 1. The minimum atomic E-state index is 0.0697. The number of nitrogens with one attached hydrogen (secondary N) is 1. The molecule has 1 N–H and O–H groups in total. The first-order chi connectivity index (χ1) is 14.2. The van der Waals surface area contributed by atoms with Crippen LogP contribution in [0.3, 0.4) is 0 Å². The van der Waals surface area contributed by atoms with Gasteiger partial charge in [-0.1, -0.05) is 43.2 Å². The summed E-state index contributed by atoms with van der Waals surface area (Å²) in [4.78, 5) is 15.4. The van der Waals surface area contributed by atoms with Gasteiger partial charge >= 0.3 is 0 Å². The Hall–Kier alpha value is -2.14. The molecular formula is C24H34N4O. The smallest absolute Gasteiger partial charge is 0.254 e. The summed E-state index contributed by atoms with van der Waals surface area (Å²) in [5.74, 6) is 0.691. The van der Waals surface area contributed by atoms with E-state index in [0.29, 0.717) is 12.0 Å². The third kappa shape index (κ3) is 5.47. The van der Waals surface area contributed by atoms with Crippen LogP contribution in [0.25, 0.3) is 0 Å². The predicted molar refractivity (Wildman–Crippen MR) is 116 cm³/mol. The van der Waals surface area contributed by atoms with Crippen molar-refractivity contribution < 1.29 is 4.79 Å². The number of hydrogen-bond acceptors (Lipinski definition) is 3. The van der Waals surface area contributed by atoms with Crippen LogP contribution in [-0.2, 0) is 19.9 Å². The van der Waals surface area contributed by atoms with Crippen molar-refractivity contribution in [2.75, 3.05) is 19.6 Å². The van der Waals surface area contributed by atoms with Gasteiger partial charge < -0.3 is 10.2 Å². The molecule has 2 heterocycles. The number of rotatable bonds is 7. The fourth-order valence-corrected chi connectivity index (χ4v) is 4.83. The Morgan fingerprint density at radius 3 is 2.55 bits per heavy atom. The van der Waals surface area contributed by atoms with Gasteiger partial charge in [0, 0.05) is 25.8 Å². The van der Waals surface area contributed by atoms with E-state index in [-0.39, 0.29) is 5.91 Å². The van der Waals surface area contributed by atoms with Crippen molar-refractivity contribution in [1.29, 1.82) is 0 Å². The van der Waals surface area contributed by atoms with Crippen LogP contribution in [0.1, 0.15) is 60.1 Å². The quantitative estimate of drug-likeness (QED) is 0.781. The second-order valence-electron chi connectivity index (χ2n) is 8.84. The molecule has 2 aromatic rings. The lowest BCUT2D eigenvalue weighted by Crippen LogP contribution is -2.36. The van der Waals surface area contributed by atoms with Crippen LogP contribution in [0.2, 0.25) is 0 Å². The number of likely N-dealkylation sites (tertiary alicyclic amines) is 1. The van der Waals surface area contributed by atoms with Gasteiger partial charge in [0.1, 0.15) is 0 Å². The lowest BCUT2D eigenvalue weighted by atomic mass is 9.91. The van der Waals surface area contributed by atoms with Crippen LogP contribution in [-0.4, -0.2) is 46.3 Å². The average molecular weight is 395 g/mol. The summed E-state index contributed by atoms with van der Waals surface area (Å²) in [5.41, 5.74) is 3.18. The monoisotopic (exact) mass is 394 g/mol. The minimum Gasteiger partial charge on any atom is -0.349 e. The second-order valence-corrected chi connectivity index (χ2v) is 8.84. The third-order valence-electron chi connectivity index (χ3n) is 6.59. The molecule has 0 radical (unpaired) electrons. The van der Waals surface area contributed by atoms with Crippen LogP contribution in [0.15, 0.2) is 36.5 Å². The van der Waals surface area contributed by atoms with Gasteiger partial charge in [-0.05, 0) is 63.1 Å². The maximum absolute atomic E-state index is 12.8. The van der Waals surface area contributed by atoms with Crippen molar-refractivity contribution in [2.45, 2.75) is 57.4 Å². The van der Waals surface area contributed by atoms with E-state index in [1.807, 2.05) is 13.2 Å². The molecule has 2 aliphatic rings. The fourth-order valence-electron chi connectivity index (χ4n) is 4.83. The molecule has 2 fully saturated rings. The fraction of sp³-hybridized carbons (Fsp3) is 0.583. The summed E-state index contributed by atoms with van der Waals surface area (Å²) < 4.78 is 1.80. The van der Waals surface area contributed by atoms with Crippen molar-refractivity contribution in [3.05, 3.63) is 53.3 Å². The van der Waals surface area contributed by atoms with Gasteiger partial charge in [0.15, 0.2) is 0 Å². The molecule has 1 saturated heterocycles. The molecular weight excluding hydrogens is 360 g/mol. The zero-order valence-corrected chi connectivity index (χ0v) is 17.6. The molecule has 1 aromatic carbocycles. The Labute approximate surface area is 174 Å². The van der Waals surface area contributed by atoms with Gasteiger partial charge in [0.2, 0.25) is 0 Å². The Bertz CT molecular complexity index is 786. The van der Waals surface area contributed by atoms with Gasteiger partial charge in [-0.2, -0.15) is 5.10 Å². The van der Waals surface area contributed by atoms with Gasteiger partial charge in [-0.25, -0.2) is 0 Å². The Morgan fingerprint density at radius 2 is 1.83 bits per heavy atom. The van der Waals surface area contributed by atoms with Crippen molar-refractivity contribution in [3.8, 4) is 0 Å². The zero-order valence-electron chi connectivity index (χ0n) is 17.6. The highest BCUT2D eigenvalue weighted by molar-refractivity contribution is 5.95. The molecule has 0 unspecified atom stereocenters. The first-order valence-corrected chi connectivity index (χ1v) is 11.3. The molecule has 0 spiro atoms. The number of aromatic nitrogens is 2. The Kier molecular flexibility index (Phi) is 6.65. The van der Waals surface area contributed by atoms with E-state index in [4.69, 9.17) is 0 Å². The van der Waals surface area contributed by atoms with E-state index in [2.05, 4.69) is 45.6 Å². The number of hydrogen-bond donors (Lipinski definition) is 1. The topological polar surface area (TPSA) is 50.2 Å². The summed E-state index contributed by atoms with van der Waals surface area (Å²) in [7, 11) is 1.92. The van der Waals surface area contributed by atoms with Crippen LogP contribution in [0, 0.1) is 5.92 Å². The Morgan fingerprint density at radius 1 is 1.10 bits per heavy atom. The standard InChI is InChI=1S/C24H34N4O/c1-27-18-22(24(29)25-21-9-5-6-10-21)23(26-27)17-20-12-15-28(16-13-20)14-11-19-7-3-2-4-8-19/h2-4,7-8,18,20-21H,5-6,9-17H2,1H3,(H,25,29). The molecule has 1 aliphatic carbocycles. The van der Waals surface area contributed by atoms with Crippen molar-refractivity contribution in [1.82, 2.24) is 20.0 Å². The number of amides is 1. The first-order valence-electron chi connectivity index (χ1n) is 11.3. The van der Waals surface area contributed by atoms with E-state index in [1.54, 1.807) is 4.68 Å². The molecule has 1 aromatic heterocycles. The maximum atomic E-state index is 12.8. The zero-order chi connectivity index (χ0) is 20.1. The Balaban J connectivity index is 1.27. The van der Waals surface area contributed by atoms with E-state index in [1.165, 1.54) is 31.2 Å². The van der Waals surface area contributed by atoms with Gasteiger partial charge in [-0.3, -0.25) is 9.48 Å². The van der Waals surface area contributed by atoms with E-state index >= 15 is 0 Å². The van der Waals surface area contributed by atoms with Crippen molar-refractivity contribution >= 4 is 5.91 Å². The summed E-state index contributed by atoms with van der Waals surface area (Å²) in [6.07, 6.45) is 11.0. The van der Waals surface area contributed by atoms with Gasteiger partial charge in [0.05, 0.1) is 11.3 Å². The van der Waals surface area contributed by atoms with Crippen LogP contribution in [0.5, 0.6) is 0 Å². The molecule has 1 amide bonds. The molecule has 1 saturated carbocycles. The number of carbonyl (C=O) groups excluding carboxylic acids is 1. The van der Waals surface area contributed by atoms with Crippen molar-refractivity contribution in [2.24, 2.45) is 13.0 Å². The molecule has 0 atom stereocenters. The molecule has 4 rings (SSSR count). The first kappa shape index (κ1) is 20.1. The number of nitrogens with zero attached hydrogens (tertiary/aromatic N) is 3. The maximum Gasteiger partial charge on any atom is 0.254 e. The minimum absolute atomic E-state index is 0.0697. The highest BCUT2D eigenvalue weighted by atomic mass is 16.1. The molecule has 29 heavy (non-hydrogen) atoms. The third-order valence-corrected chi connectivity index (χ3v) is 6.59. The average Bonchev–Trinajstić information content (AvgIpc) is 3.37. The van der Waals surface area contributed by atoms with Gasteiger partial charge in [-0.15, -0.1) is 0 Å². The molecule has 1 aliphatic heterocycles. The van der Waals surface area contributed by atoms with E-state index in [9.17, 15) is 4.79 Å². The highest BCUT2D eigenvalue weighted by Gasteiger charge is 2.25. The van der Waals surface area contributed by atoms with Crippen LogP contribution < -0.4 is 5.32 Å². The summed E-state index contributed by atoms with van der Waals surface area (Å²) in [5, 5.41) is 7.86. The molecule has 0 bridgehead atoms. The number of benzene rings is 1. The van der Waals surface area contributed by atoms with Gasteiger partial charge in [0.25, 0.3) is 5.91 Å².